The summed E-state index contributed by atoms with van der Waals surface area (Å²) in [5.41, 5.74) is 1.40. The minimum Gasteiger partial charge on any atom is -0.367 e. The van der Waals surface area contributed by atoms with E-state index in [1.54, 1.807) is 18.2 Å². The minimum atomic E-state index is -4.68. The van der Waals surface area contributed by atoms with E-state index in [1.807, 2.05) is 4.90 Å². The second kappa shape index (κ2) is 7.05. The average Bonchev–Trinajstić information content (AvgIpc) is 3.04. The normalized spacial score (nSPS) is 15.4. The molecule has 1 aliphatic heterocycles. The van der Waals surface area contributed by atoms with Crippen LogP contribution in [0, 0.1) is 11.6 Å². The van der Waals surface area contributed by atoms with Crippen LogP contribution in [0.4, 0.5) is 27.6 Å². The molecule has 0 atom stereocenters. The van der Waals surface area contributed by atoms with Crippen molar-refractivity contribution in [2.75, 3.05) is 31.1 Å². The molecule has 2 heterocycles. The van der Waals surface area contributed by atoms with E-state index in [0.29, 0.717) is 24.3 Å². The molecule has 148 valence electrons. The van der Waals surface area contributed by atoms with E-state index in [-0.39, 0.29) is 17.6 Å². The zero-order chi connectivity index (χ0) is 19.9. The topological polar surface area (TPSA) is 33.1 Å². The number of alkyl halides is 3. The Balaban J connectivity index is 1.84. The second-order valence-corrected chi connectivity index (χ2v) is 6.65. The first kappa shape index (κ1) is 18.7. The average molecular weight is 396 g/mol. The highest BCUT2D eigenvalue weighted by molar-refractivity contribution is 5.89. The highest BCUT2D eigenvalue weighted by atomic mass is 19.4. The Morgan fingerprint density at radius 1 is 1.00 bits per heavy atom. The Kier molecular flexibility index (Phi) is 4.70. The molecule has 1 saturated heterocycles. The van der Waals surface area contributed by atoms with Crippen molar-refractivity contribution < 1.29 is 22.0 Å². The molecular formula is C19H17F5N4. The number of benzene rings is 2. The van der Waals surface area contributed by atoms with Gasteiger partial charge in [0.1, 0.15) is 5.52 Å². The van der Waals surface area contributed by atoms with E-state index in [9.17, 15) is 22.0 Å². The molecule has 0 spiro atoms. The van der Waals surface area contributed by atoms with Gasteiger partial charge in [-0.05, 0) is 29.8 Å². The van der Waals surface area contributed by atoms with E-state index < -0.39 is 23.6 Å². The number of anilines is 1. The molecule has 0 amide bonds. The lowest BCUT2D eigenvalue weighted by atomic mass is 10.2. The van der Waals surface area contributed by atoms with Crippen LogP contribution in [0.3, 0.4) is 0 Å². The third-order valence-electron chi connectivity index (χ3n) is 4.79. The zero-order valence-corrected chi connectivity index (χ0v) is 14.7. The molecule has 0 bridgehead atoms. The molecule has 0 radical (unpaired) electrons. The number of hydrogen-bond donors (Lipinski definition) is 1. The Hall–Kier alpha value is -2.68. The fraction of sp³-hybridized carbons (Fsp3) is 0.316. The molecule has 4 nitrogen and oxygen atoms in total. The van der Waals surface area contributed by atoms with Gasteiger partial charge in [-0.15, -0.1) is 0 Å². The SMILES string of the molecule is Fc1ccc(Cn2c(C(F)(F)F)nc3c(N4CCNCC4)cccc32)cc1F. The molecule has 0 aliphatic carbocycles. The summed E-state index contributed by atoms with van der Waals surface area (Å²) in [5.74, 6) is -3.21. The molecule has 0 saturated carbocycles. The van der Waals surface area contributed by atoms with Gasteiger partial charge in [-0.25, -0.2) is 13.8 Å². The summed E-state index contributed by atoms with van der Waals surface area (Å²) >= 11 is 0. The third kappa shape index (κ3) is 3.42. The maximum absolute atomic E-state index is 13.7. The van der Waals surface area contributed by atoms with Gasteiger partial charge in [-0.2, -0.15) is 13.2 Å². The van der Waals surface area contributed by atoms with Crippen LogP contribution in [0.2, 0.25) is 0 Å². The number of aromatic nitrogens is 2. The lowest BCUT2D eigenvalue weighted by Gasteiger charge is -2.29. The van der Waals surface area contributed by atoms with Gasteiger partial charge in [0, 0.05) is 32.7 Å². The largest absolute Gasteiger partial charge is 0.449 e. The lowest BCUT2D eigenvalue weighted by Crippen LogP contribution is -2.43. The standard InChI is InChI=1S/C19H17F5N4/c20-13-5-4-12(10-14(13)21)11-28-16-3-1-2-15(27-8-6-25-7-9-27)17(16)26-18(28)19(22,23)24/h1-5,10,25H,6-9,11H2. The lowest BCUT2D eigenvalue weighted by molar-refractivity contribution is -0.146. The van der Waals surface area contributed by atoms with Crippen molar-refractivity contribution in [1.29, 1.82) is 0 Å². The van der Waals surface area contributed by atoms with Gasteiger partial charge in [-0.1, -0.05) is 12.1 Å². The van der Waals surface area contributed by atoms with E-state index >= 15 is 0 Å². The monoisotopic (exact) mass is 396 g/mol. The van der Waals surface area contributed by atoms with Crippen molar-refractivity contribution in [2.24, 2.45) is 0 Å². The Bertz CT molecular complexity index is 1010. The van der Waals surface area contributed by atoms with Crippen LogP contribution in [-0.2, 0) is 12.7 Å². The number of halogens is 5. The fourth-order valence-electron chi connectivity index (χ4n) is 3.49. The van der Waals surface area contributed by atoms with Gasteiger partial charge in [0.05, 0.1) is 11.2 Å². The van der Waals surface area contributed by atoms with Crippen molar-refractivity contribution >= 4 is 16.7 Å². The smallest absolute Gasteiger partial charge is 0.367 e. The molecular weight excluding hydrogens is 379 g/mol. The van der Waals surface area contributed by atoms with Crippen LogP contribution >= 0.6 is 0 Å². The van der Waals surface area contributed by atoms with E-state index in [1.165, 1.54) is 6.07 Å². The summed E-state index contributed by atoms with van der Waals surface area (Å²) < 4.78 is 68.7. The van der Waals surface area contributed by atoms with Crippen LogP contribution in [-0.4, -0.2) is 35.7 Å². The van der Waals surface area contributed by atoms with Crippen molar-refractivity contribution in [1.82, 2.24) is 14.9 Å². The summed E-state index contributed by atoms with van der Waals surface area (Å²) in [6.45, 7) is 2.52. The number of nitrogens with zero attached hydrogens (tertiary/aromatic N) is 3. The summed E-state index contributed by atoms with van der Waals surface area (Å²) in [4.78, 5) is 5.90. The van der Waals surface area contributed by atoms with Crippen LogP contribution in [0.25, 0.3) is 11.0 Å². The van der Waals surface area contributed by atoms with Gasteiger partial charge < -0.3 is 14.8 Å². The highest BCUT2D eigenvalue weighted by Gasteiger charge is 2.38. The van der Waals surface area contributed by atoms with E-state index in [2.05, 4.69) is 10.3 Å². The second-order valence-electron chi connectivity index (χ2n) is 6.65. The van der Waals surface area contributed by atoms with Crippen LogP contribution in [0.5, 0.6) is 0 Å². The molecule has 4 rings (SSSR count). The first-order chi connectivity index (χ1) is 13.3. The van der Waals surface area contributed by atoms with Crippen LogP contribution in [0.15, 0.2) is 36.4 Å². The molecule has 0 unspecified atom stereocenters. The van der Waals surface area contributed by atoms with Gasteiger partial charge in [0.15, 0.2) is 11.6 Å². The number of rotatable bonds is 3. The molecule has 2 aromatic carbocycles. The summed E-state index contributed by atoms with van der Waals surface area (Å²) in [6, 6.07) is 8.07. The van der Waals surface area contributed by atoms with Gasteiger partial charge in [-0.3, -0.25) is 0 Å². The van der Waals surface area contributed by atoms with Crippen LogP contribution in [0.1, 0.15) is 11.4 Å². The first-order valence-electron chi connectivity index (χ1n) is 8.80. The predicted molar refractivity (Wildman–Crippen MR) is 95.3 cm³/mol. The number of nitrogens with one attached hydrogen (secondary N) is 1. The number of piperazine rings is 1. The van der Waals surface area contributed by atoms with Gasteiger partial charge >= 0.3 is 6.18 Å². The quantitative estimate of drug-likeness (QED) is 0.684. The third-order valence-corrected chi connectivity index (χ3v) is 4.79. The zero-order valence-electron chi connectivity index (χ0n) is 14.7. The number of fused-ring (bicyclic) bond motifs is 1. The number of imidazole rings is 1. The van der Waals surface area contributed by atoms with E-state index in [0.717, 1.165) is 29.8 Å². The number of para-hydroxylation sites is 1. The molecule has 3 aromatic rings. The summed E-state index contributed by atoms with van der Waals surface area (Å²) in [5, 5.41) is 3.20. The Morgan fingerprint density at radius 2 is 1.75 bits per heavy atom. The summed E-state index contributed by atoms with van der Waals surface area (Å²) in [7, 11) is 0. The van der Waals surface area contributed by atoms with Crippen molar-refractivity contribution in [3.8, 4) is 0 Å². The molecule has 1 fully saturated rings. The summed E-state index contributed by atoms with van der Waals surface area (Å²) in [6.07, 6.45) is -4.68. The molecule has 1 aliphatic rings. The molecule has 9 heteroatoms. The number of hydrogen-bond acceptors (Lipinski definition) is 3. The Morgan fingerprint density at radius 3 is 2.43 bits per heavy atom. The highest BCUT2D eigenvalue weighted by Crippen LogP contribution is 2.35. The Labute approximate surface area is 157 Å². The molecule has 1 aromatic heterocycles. The van der Waals surface area contributed by atoms with Crippen LogP contribution < -0.4 is 10.2 Å². The fourth-order valence-corrected chi connectivity index (χ4v) is 3.49. The first-order valence-corrected chi connectivity index (χ1v) is 8.80. The molecule has 28 heavy (non-hydrogen) atoms. The van der Waals surface area contributed by atoms with Gasteiger partial charge in [0.2, 0.25) is 5.82 Å². The van der Waals surface area contributed by atoms with Gasteiger partial charge in [0.25, 0.3) is 0 Å². The predicted octanol–water partition coefficient (Wildman–Crippen LogP) is 3.79. The van der Waals surface area contributed by atoms with Crippen molar-refractivity contribution in [2.45, 2.75) is 12.7 Å². The maximum Gasteiger partial charge on any atom is 0.449 e. The molecule has 1 N–H and O–H groups in total. The van der Waals surface area contributed by atoms with E-state index in [4.69, 9.17) is 0 Å². The van der Waals surface area contributed by atoms with Crippen molar-refractivity contribution in [3.63, 3.8) is 0 Å². The van der Waals surface area contributed by atoms with Crippen molar-refractivity contribution in [3.05, 3.63) is 59.4 Å². The minimum absolute atomic E-state index is 0.219. The maximum atomic E-state index is 13.7.